The first-order valence-corrected chi connectivity index (χ1v) is 8.73. The van der Waals surface area contributed by atoms with Gasteiger partial charge in [0.05, 0.1) is 29.0 Å². The average molecular weight is 321 g/mol. The van der Waals surface area contributed by atoms with Gasteiger partial charge in [0.2, 0.25) is 0 Å². The predicted molar refractivity (Wildman–Crippen MR) is 94.6 cm³/mol. The summed E-state index contributed by atoms with van der Waals surface area (Å²) in [6, 6.07) is 10.6. The fourth-order valence-electron chi connectivity index (χ4n) is 3.57. The summed E-state index contributed by atoms with van der Waals surface area (Å²) >= 11 is 0. The van der Waals surface area contributed by atoms with Crippen LogP contribution in [0.2, 0.25) is 0 Å². The van der Waals surface area contributed by atoms with Crippen LogP contribution in [0.15, 0.2) is 42.7 Å². The molecule has 0 N–H and O–H groups in total. The number of likely N-dealkylation sites (tertiary alicyclic amines) is 1. The zero-order chi connectivity index (χ0) is 16.4. The summed E-state index contributed by atoms with van der Waals surface area (Å²) in [6.07, 6.45) is 7.68. The summed E-state index contributed by atoms with van der Waals surface area (Å²) in [6.45, 7) is 5.02. The molecule has 2 aromatic heterocycles. The van der Waals surface area contributed by atoms with Crippen LogP contribution in [-0.2, 0) is 13.1 Å². The summed E-state index contributed by atoms with van der Waals surface area (Å²) in [5, 5.41) is 4.37. The Labute approximate surface area is 142 Å². The molecule has 0 bridgehead atoms. The number of aromatic nitrogens is 4. The number of benzene rings is 1. The number of nitrogens with zero attached hydrogens (tertiary/aromatic N) is 5. The fraction of sp³-hybridized carbons (Fsp3) is 0.421. The highest BCUT2D eigenvalue weighted by atomic mass is 15.3. The van der Waals surface area contributed by atoms with Crippen LogP contribution in [0.3, 0.4) is 0 Å². The minimum absolute atomic E-state index is 0.520. The van der Waals surface area contributed by atoms with Crippen LogP contribution in [0.1, 0.15) is 30.7 Å². The summed E-state index contributed by atoms with van der Waals surface area (Å²) in [4.78, 5) is 12.2. The molecule has 1 fully saturated rings. The highest BCUT2D eigenvalue weighted by Gasteiger charge is 2.24. The van der Waals surface area contributed by atoms with E-state index in [2.05, 4.69) is 16.9 Å². The van der Waals surface area contributed by atoms with Gasteiger partial charge in [-0.1, -0.05) is 18.6 Å². The van der Waals surface area contributed by atoms with Crippen molar-refractivity contribution < 1.29 is 0 Å². The van der Waals surface area contributed by atoms with Crippen LogP contribution < -0.4 is 0 Å². The van der Waals surface area contributed by atoms with E-state index in [1.54, 1.807) is 0 Å². The first kappa shape index (κ1) is 15.3. The number of hydrogen-bond acceptors (Lipinski definition) is 4. The largest absolute Gasteiger partial charge is 0.293 e. The Morgan fingerprint density at radius 1 is 1.08 bits per heavy atom. The zero-order valence-electron chi connectivity index (χ0n) is 14.1. The van der Waals surface area contributed by atoms with Gasteiger partial charge >= 0.3 is 0 Å². The maximum Gasteiger partial charge on any atom is 0.0890 e. The van der Waals surface area contributed by atoms with Crippen LogP contribution in [0.5, 0.6) is 0 Å². The first-order valence-electron chi connectivity index (χ1n) is 8.73. The van der Waals surface area contributed by atoms with Gasteiger partial charge in [-0.2, -0.15) is 5.10 Å². The third kappa shape index (κ3) is 3.17. The molecule has 3 aromatic rings. The molecule has 5 nitrogen and oxygen atoms in total. The van der Waals surface area contributed by atoms with E-state index in [1.807, 2.05) is 47.4 Å². The van der Waals surface area contributed by atoms with E-state index >= 15 is 0 Å². The van der Waals surface area contributed by atoms with Crippen LogP contribution in [0, 0.1) is 6.92 Å². The number of fused-ring (bicyclic) bond motifs is 1. The van der Waals surface area contributed by atoms with Gasteiger partial charge in [-0.25, -0.2) is 9.97 Å². The molecule has 0 saturated carbocycles. The van der Waals surface area contributed by atoms with E-state index < -0.39 is 0 Å². The van der Waals surface area contributed by atoms with Crippen molar-refractivity contribution in [2.24, 2.45) is 0 Å². The van der Waals surface area contributed by atoms with Gasteiger partial charge in [0.15, 0.2) is 0 Å². The highest BCUT2D eigenvalue weighted by Crippen LogP contribution is 2.22. The highest BCUT2D eigenvalue weighted by molar-refractivity contribution is 5.74. The molecule has 0 spiro atoms. The normalized spacial score (nSPS) is 19.0. The number of aryl methyl sites for hydroxylation is 1. The number of para-hydroxylation sites is 2. The Balaban J connectivity index is 1.57. The van der Waals surface area contributed by atoms with Crippen LogP contribution in [0.4, 0.5) is 0 Å². The summed E-state index contributed by atoms with van der Waals surface area (Å²) in [5.74, 6) is 0. The van der Waals surface area contributed by atoms with Crippen LogP contribution >= 0.6 is 0 Å². The van der Waals surface area contributed by atoms with Crippen molar-refractivity contribution in [3.05, 3.63) is 54.1 Å². The van der Waals surface area contributed by atoms with Crippen LogP contribution in [0.25, 0.3) is 11.0 Å². The lowest BCUT2D eigenvalue weighted by atomic mass is 10.0. The molecular formula is C19H23N5. The molecule has 124 valence electrons. The summed E-state index contributed by atoms with van der Waals surface area (Å²) < 4.78 is 2.04. The lowest BCUT2D eigenvalue weighted by Gasteiger charge is -2.35. The van der Waals surface area contributed by atoms with Gasteiger partial charge in [0.1, 0.15) is 0 Å². The molecular weight excluding hydrogens is 298 g/mol. The van der Waals surface area contributed by atoms with Gasteiger partial charge in [0.25, 0.3) is 0 Å². The Morgan fingerprint density at radius 3 is 2.71 bits per heavy atom. The minimum atomic E-state index is 0.520. The minimum Gasteiger partial charge on any atom is -0.293 e. The maximum atomic E-state index is 4.87. The van der Waals surface area contributed by atoms with Gasteiger partial charge < -0.3 is 0 Å². The molecule has 0 radical (unpaired) electrons. The maximum absolute atomic E-state index is 4.87. The molecule has 1 atom stereocenters. The zero-order valence-corrected chi connectivity index (χ0v) is 14.1. The Kier molecular flexibility index (Phi) is 4.26. The smallest absolute Gasteiger partial charge is 0.0890 e. The van der Waals surface area contributed by atoms with Crippen molar-refractivity contribution in [2.45, 2.75) is 45.3 Å². The van der Waals surface area contributed by atoms with Crippen molar-refractivity contribution in [1.82, 2.24) is 24.6 Å². The van der Waals surface area contributed by atoms with E-state index in [4.69, 9.17) is 9.97 Å². The molecule has 1 aliphatic rings. The predicted octanol–water partition coefficient (Wildman–Crippen LogP) is 3.19. The second-order valence-corrected chi connectivity index (χ2v) is 6.59. The third-order valence-corrected chi connectivity index (χ3v) is 4.90. The van der Waals surface area contributed by atoms with E-state index in [0.717, 1.165) is 42.1 Å². The molecule has 5 heteroatoms. The molecule has 0 unspecified atom stereocenters. The monoisotopic (exact) mass is 321 g/mol. The lowest BCUT2D eigenvalue weighted by molar-refractivity contribution is 0.120. The van der Waals surface area contributed by atoms with Crippen molar-refractivity contribution in [3.8, 4) is 0 Å². The molecule has 3 heterocycles. The summed E-state index contributed by atoms with van der Waals surface area (Å²) in [5.41, 5.74) is 4.10. The van der Waals surface area contributed by atoms with Gasteiger partial charge in [-0.05, 0) is 44.5 Å². The van der Waals surface area contributed by atoms with Crippen molar-refractivity contribution in [1.29, 1.82) is 0 Å². The first-order chi connectivity index (χ1) is 11.8. The number of hydrogen-bond donors (Lipinski definition) is 0. The molecule has 1 saturated heterocycles. The number of piperidine rings is 1. The second kappa shape index (κ2) is 6.69. The van der Waals surface area contributed by atoms with E-state index in [9.17, 15) is 0 Å². The lowest BCUT2D eigenvalue weighted by Crippen LogP contribution is -2.42. The summed E-state index contributed by atoms with van der Waals surface area (Å²) in [7, 11) is 0. The topological polar surface area (TPSA) is 46.8 Å². The van der Waals surface area contributed by atoms with E-state index in [-0.39, 0.29) is 0 Å². The molecule has 0 amide bonds. The molecule has 1 aromatic carbocycles. The van der Waals surface area contributed by atoms with Crippen LogP contribution in [-0.4, -0.2) is 37.2 Å². The molecule has 24 heavy (non-hydrogen) atoms. The Bertz CT molecular complexity index is 812. The van der Waals surface area contributed by atoms with Crippen molar-refractivity contribution in [3.63, 3.8) is 0 Å². The van der Waals surface area contributed by atoms with Crippen molar-refractivity contribution >= 4 is 11.0 Å². The molecule has 1 aliphatic heterocycles. The molecule has 0 aliphatic carbocycles. The Morgan fingerprint density at radius 2 is 1.92 bits per heavy atom. The van der Waals surface area contributed by atoms with Gasteiger partial charge in [-0.15, -0.1) is 0 Å². The van der Waals surface area contributed by atoms with Gasteiger partial charge in [0, 0.05) is 25.0 Å². The molecule has 4 rings (SSSR count). The van der Waals surface area contributed by atoms with E-state index in [0.29, 0.717) is 6.04 Å². The fourth-order valence-corrected chi connectivity index (χ4v) is 3.57. The van der Waals surface area contributed by atoms with Gasteiger partial charge in [-0.3, -0.25) is 9.58 Å². The third-order valence-electron chi connectivity index (χ3n) is 4.90. The standard InChI is InChI=1S/C19H23N5/c1-15-19(22-18-9-3-2-8-17(18)21-15)14-23-11-5-4-7-16(23)13-24-12-6-10-20-24/h2-3,6,8-10,12,16H,4-5,7,11,13-14H2,1H3/t16-/m0/s1. The van der Waals surface area contributed by atoms with Crippen molar-refractivity contribution in [2.75, 3.05) is 6.54 Å². The van der Waals surface area contributed by atoms with E-state index in [1.165, 1.54) is 19.3 Å². The quantitative estimate of drug-likeness (QED) is 0.740. The average Bonchev–Trinajstić information content (AvgIpc) is 3.10. The second-order valence-electron chi connectivity index (χ2n) is 6.59. The Hall–Kier alpha value is -2.27. The SMILES string of the molecule is Cc1nc2ccccc2nc1CN1CCCC[C@H]1Cn1cccn1. The number of rotatable bonds is 4.